The van der Waals surface area contributed by atoms with E-state index in [-0.39, 0.29) is 0 Å². The van der Waals surface area contributed by atoms with Crippen molar-refractivity contribution >= 4 is 26.9 Å². The van der Waals surface area contributed by atoms with Crippen LogP contribution in [0.3, 0.4) is 0 Å². The molecule has 0 aromatic rings. The summed E-state index contributed by atoms with van der Waals surface area (Å²) in [6.07, 6.45) is 0. The summed E-state index contributed by atoms with van der Waals surface area (Å²) in [5.41, 5.74) is 2.62. The smallest absolute Gasteiger partial charge is 0.0946 e. The quantitative estimate of drug-likeness (QED) is 0.691. The molecule has 16 heavy (non-hydrogen) atoms. The Labute approximate surface area is 103 Å². The Morgan fingerprint density at radius 1 is 0.500 bits per heavy atom. The van der Waals surface area contributed by atoms with Crippen LogP contribution in [0.4, 0.5) is 0 Å². The van der Waals surface area contributed by atoms with Gasteiger partial charge >= 0.3 is 0 Å². The van der Waals surface area contributed by atoms with Crippen molar-refractivity contribution in [1.29, 1.82) is 0 Å². The largest absolute Gasteiger partial charge is 0.268 e. The highest BCUT2D eigenvalue weighted by Crippen LogP contribution is 2.24. The van der Waals surface area contributed by atoms with Gasteiger partial charge in [0.1, 0.15) is 0 Å². The van der Waals surface area contributed by atoms with Crippen LogP contribution in [0.1, 0.15) is 0 Å². The molecule has 0 saturated carbocycles. The lowest BCUT2D eigenvalue weighted by atomic mass is 10.8. The van der Waals surface area contributed by atoms with Crippen molar-refractivity contribution in [3.8, 4) is 0 Å². The molecule has 0 aliphatic heterocycles. The maximum Gasteiger partial charge on any atom is 0.0946 e. The predicted octanol–water partition coefficient (Wildman–Crippen LogP) is 1.21. The van der Waals surface area contributed by atoms with Gasteiger partial charge in [-0.05, 0) is 72.2 Å². The summed E-state index contributed by atoms with van der Waals surface area (Å²) in [6.45, 7) is 0. The molecule has 0 unspecified atom stereocenters. The summed E-state index contributed by atoms with van der Waals surface area (Å²) in [5, 5.41) is 0. The topological polar surface area (TPSA) is 13.0 Å². The van der Waals surface area contributed by atoms with E-state index >= 15 is 0 Å². The summed E-state index contributed by atoms with van der Waals surface area (Å²) in [4.78, 5) is 8.66. The van der Waals surface area contributed by atoms with Gasteiger partial charge in [0.25, 0.3) is 0 Å². The molecule has 0 bridgehead atoms. The van der Waals surface area contributed by atoms with E-state index in [1.165, 1.54) is 26.9 Å². The van der Waals surface area contributed by atoms with Crippen molar-refractivity contribution in [3.05, 3.63) is 0 Å². The van der Waals surface area contributed by atoms with E-state index in [4.69, 9.17) is 0 Å². The minimum atomic E-state index is 1.30. The lowest BCUT2D eigenvalue weighted by Crippen LogP contribution is -2.34. The maximum absolute atomic E-state index is 2.16. The monoisotopic (exact) mass is 262 g/mol. The average molecular weight is 262 g/mol. The van der Waals surface area contributed by atoms with E-state index in [0.717, 1.165) is 0 Å². The van der Waals surface area contributed by atoms with Crippen LogP contribution in [0.25, 0.3) is 0 Å². The summed E-state index contributed by atoms with van der Waals surface area (Å²) in [5.74, 6) is 0. The van der Waals surface area contributed by atoms with Gasteiger partial charge in [0.05, 0.1) is 11.1 Å². The van der Waals surface area contributed by atoms with Crippen LogP contribution in [0.2, 0.25) is 0 Å². The normalized spacial score (nSPS) is 12.5. The zero-order valence-electron chi connectivity index (χ0n) is 11.7. The van der Waals surface area contributed by atoms with Gasteiger partial charge in [-0.25, -0.2) is 0 Å². The summed E-state index contributed by atoms with van der Waals surface area (Å²) in [6, 6.07) is 0. The molecule has 0 spiro atoms. The zero-order valence-corrected chi connectivity index (χ0v) is 13.5. The molecule has 4 nitrogen and oxygen atoms in total. The minimum Gasteiger partial charge on any atom is -0.268 e. The molecule has 0 atom stereocenters. The van der Waals surface area contributed by atoms with Gasteiger partial charge in [0.2, 0.25) is 0 Å². The van der Waals surface area contributed by atoms with E-state index in [1.807, 2.05) is 0 Å². The van der Waals surface area contributed by atoms with Crippen LogP contribution in [-0.4, -0.2) is 87.1 Å². The lowest BCUT2D eigenvalue weighted by molar-refractivity contribution is 0.500. The van der Waals surface area contributed by atoms with Crippen molar-refractivity contribution in [2.24, 2.45) is 0 Å². The van der Waals surface area contributed by atoms with E-state index in [1.54, 1.807) is 0 Å². The van der Waals surface area contributed by atoms with Crippen LogP contribution in [0, 0.1) is 0 Å². The average Bonchev–Trinajstić information content (AvgIpc) is 2.09. The van der Waals surface area contributed by atoms with Crippen molar-refractivity contribution in [2.45, 2.75) is 0 Å². The Balaban J connectivity index is 5.03. The second kappa shape index (κ2) is 7.50. The Kier molecular flexibility index (Phi) is 7.58. The first-order chi connectivity index (χ1) is 7.27. The molecule has 0 N–H and O–H groups in total. The first kappa shape index (κ1) is 16.2. The van der Waals surface area contributed by atoms with E-state index in [0.29, 0.717) is 0 Å². The summed E-state index contributed by atoms with van der Waals surface area (Å²) < 4.78 is 0. The summed E-state index contributed by atoms with van der Waals surface area (Å²) in [7, 11) is 19.3. The number of nitrogens with zero attached hydrogens (tertiary/aromatic N) is 4. The SMILES string of the molecule is CN(C)C(=PP=C(N(C)C)N(C)C)N(C)C. The van der Waals surface area contributed by atoms with Crippen LogP contribution in [0.5, 0.6) is 0 Å². The van der Waals surface area contributed by atoms with Crippen molar-refractivity contribution in [3.63, 3.8) is 0 Å². The molecule has 0 aromatic heterocycles. The first-order valence-electron chi connectivity index (χ1n) is 5.12. The molecule has 0 fully saturated rings. The second-order valence-corrected chi connectivity index (χ2v) is 6.78. The maximum atomic E-state index is 2.16. The highest BCUT2D eigenvalue weighted by molar-refractivity contribution is 8.10. The van der Waals surface area contributed by atoms with Crippen LogP contribution in [-0.2, 0) is 0 Å². The molecule has 0 aliphatic carbocycles. The van der Waals surface area contributed by atoms with Gasteiger partial charge in [0.15, 0.2) is 0 Å². The van der Waals surface area contributed by atoms with Gasteiger partial charge in [-0.3, -0.25) is 19.6 Å². The van der Waals surface area contributed by atoms with Crippen molar-refractivity contribution < 1.29 is 0 Å². The van der Waals surface area contributed by atoms with Crippen LogP contribution < -0.4 is 0 Å². The molecule has 0 aromatic carbocycles. The van der Waals surface area contributed by atoms with E-state index < -0.39 is 0 Å². The second-order valence-electron chi connectivity index (χ2n) is 4.38. The highest BCUT2D eigenvalue weighted by Gasteiger charge is 2.06. The van der Waals surface area contributed by atoms with Crippen molar-refractivity contribution in [1.82, 2.24) is 19.6 Å². The molecule has 0 aliphatic rings. The fraction of sp³-hybridized carbons (Fsp3) is 0.800. The van der Waals surface area contributed by atoms with Gasteiger partial charge in [-0.15, -0.1) is 0 Å². The van der Waals surface area contributed by atoms with Gasteiger partial charge < -0.3 is 0 Å². The first-order valence-corrected chi connectivity index (χ1v) is 7.61. The van der Waals surface area contributed by atoms with Crippen LogP contribution in [0.15, 0.2) is 0 Å². The molecular formula is C10H24N4P2. The third kappa shape index (κ3) is 5.49. The predicted molar refractivity (Wildman–Crippen MR) is 78.6 cm³/mol. The number of hydrogen-bond acceptors (Lipinski definition) is 0. The Morgan fingerprint density at radius 3 is 0.812 bits per heavy atom. The van der Waals surface area contributed by atoms with Gasteiger partial charge in [-0.1, -0.05) is 0 Å². The molecule has 0 radical (unpaired) electrons. The van der Waals surface area contributed by atoms with Gasteiger partial charge in [-0.2, -0.15) is 0 Å². The molecule has 94 valence electrons. The number of rotatable bonds is 5. The standard InChI is InChI=1S/C10H24N4P2/c1-11(2)9(12(3)4)15-16-10(13(5)6)14(7)8/h1-8H3. The fourth-order valence-electron chi connectivity index (χ4n) is 1.25. The summed E-state index contributed by atoms with van der Waals surface area (Å²) >= 11 is 0. The van der Waals surface area contributed by atoms with Crippen LogP contribution >= 0.6 is 15.8 Å². The molecule has 6 heteroatoms. The Hall–Kier alpha value is 0.180. The van der Waals surface area contributed by atoms with E-state index in [2.05, 4.69) is 76.0 Å². The van der Waals surface area contributed by atoms with E-state index in [9.17, 15) is 0 Å². The fourth-order valence-corrected chi connectivity index (χ4v) is 4.82. The zero-order chi connectivity index (χ0) is 12.9. The third-order valence-corrected chi connectivity index (χ3v) is 5.26. The Bertz CT molecular complexity index is 222. The molecular weight excluding hydrogens is 238 g/mol. The minimum absolute atomic E-state index is 1.30. The number of hydrogen-bond donors (Lipinski definition) is 0. The lowest BCUT2D eigenvalue weighted by Gasteiger charge is -2.22. The Morgan fingerprint density at radius 2 is 0.688 bits per heavy atom. The van der Waals surface area contributed by atoms with Gasteiger partial charge in [0, 0.05) is 0 Å². The molecule has 0 saturated heterocycles. The highest BCUT2D eigenvalue weighted by atomic mass is 32.0. The van der Waals surface area contributed by atoms with Crippen molar-refractivity contribution in [2.75, 3.05) is 56.4 Å². The third-order valence-electron chi connectivity index (χ3n) is 1.83. The molecule has 0 heterocycles. The molecule has 0 rings (SSSR count). The molecule has 0 amide bonds.